The summed E-state index contributed by atoms with van der Waals surface area (Å²) < 4.78 is 5.77. The van der Waals surface area contributed by atoms with Gasteiger partial charge in [-0.1, -0.05) is 6.07 Å². The van der Waals surface area contributed by atoms with Crippen LogP contribution in [0.4, 0.5) is 5.69 Å². The molecular weight excluding hydrogens is 224 g/mol. The zero-order valence-corrected chi connectivity index (χ0v) is 11.1. The molecule has 2 aliphatic heterocycles. The number of anilines is 1. The summed E-state index contributed by atoms with van der Waals surface area (Å²) in [4.78, 5) is 2.27. The summed E-state index contributed by atoms with van der Waals surface area (Å²) >= 11 is 0. The number of ether oxygens (including phenoxy) is 1. The number of hydrogen-bond donors (Lipinski definition) is 1. The molecule has 1 fully saturated rings. The van der Waals surface area contributed by atoms with E-state index in [4.69, 9.17) is 4.74 Å². The van der Waals surface area contributed by atoms with E-state index in [9.17, 15) is 0 Å². The van der Waals surface area contributed by atoms with Crippen molar-refractivity contribution in [1.82, 2.24) is 5.32 Å². The highest BCUT2D eigenvalue weighted by Crippen LogP contribution is 2.32. The SMILES string of the molecule is CN1CCOc2cc(CC3CCCNC3)ccc21. The molecule has 1 N–H and O–H groups in total. The standard InChI is InChI=1S/C15H22N2O/c1-17-7-8-18-15-10-12(4-5-14(15)17)9-13-3-2-6-16-11-13/h4-5,10,13,16H,2-3,6-9,11H2,1H3. The maximum Gasteiger partial charge on any atom is 0.142 e. The van der Waals surface area contributed by atoms with E-state index in [2.05, 4.69) is 35.5 Å². The minimum atomic E-state index is 0.790. The van der Waals surface area contributed by atoms with Crippen molar-refractivity contribution in [1.29, 1.82) is 0 Å². The minimum Gasteiger partial charge on any atom is -0.490 e. The molecule has 0 amide bonds. The van der Waals surface area contributed by atoms with E-state index in [1.165, 1.54) is 37.1 Å². The fraction of sp³-hybridized carbons (Fsp3) is 0.600. The van der Waals surface area contributed by atoms with Gasteiger partial charge in [-0.3, -0.25) is 0 Å². The molecule has 1 atom stereocenters. The van der Waals surface area contributed by atoms with E-state index in [0.29, 0.717) is 0 Å². The number of likely N-dealkylation sites (N-methyl/N-ethyl adjacent to an activating group) is 1. The third kappa shape index (κ3) is 2.46. The van der Waals surface area contributed by atoms with Crippen molar-refractivity contribution < 1.29 is 4.74 Å². The molecule has 1 aromatic rings. The van der Waals surface area contributed by atoms with E-state index in [1.807, 2.05) is 0 Å². The molecule has 2 heterocycles. The van der Waals surface area contributed by atoms with Crippen molar-refractivity contribution in [3.8, 4) is 5.75 Å². The molecule has 3 rings (SSSR count). The van der Waals surface area contributed by atoms with Crippen LogP contribution in [-0.2, 0) is 6.42 Å². The lowest BCUT2D eigenvalue weighted by molar-refractivity contribution is 0.310. The first-order chi connectivity index (χ1) is 8.83. The van der Waals surface area contributed by atoms with Crippen LogP contribution in [0.25, 0.3) is 0 Å². The number of rotatable bonds is 2. The molecule has 0 saturated carbocycles. The van der Waals surface area contributed by atoms with Gasteiger partial charge in [0.1, 0.15) is 12.4 Å². The van der Waals surface area contributed by atoms with Crippen molar-refractivity contribution in [2.45, 2.75) is 19.3 Å². The van der Waals surface area contributed by atoms with E-state index in [0.717, 1.165) is 31.4 Å². The summed E-state index contributed by atoms with van der Waals surface area (Å²) in [5, 5.41) is 3.48. The Hall–Kier alpha value is -1.22. The fourth-order valence-electron chi connectivity index (χ4n) is 2.96. The molecule has 0 aliphatic carbocycles. The van der Waals surface area contributed by atoms with Crippen molar-refractivity contribution >= 4 is 5.69 Å². The summed E-state index contributed by atoms with van der Waals surface area (Å²) in [5.41, 5.74) is 2.64. The number of piperidine rings is 1. The van der Waals surface area contributed by atoms with Gasteiger partial charge in [0.15, 0.2) is 0 Å². The molecule has 0 radical (unpaired) electrons. The van der Waals surface area contributed by atoms with Crippen molar-refractivity contribution in [2.75, 3.05) is 38.2 Å². The molecule has 98 valence electrons. The molecule has 1 aromatic carbocycles. The van der Waals surface area contributed by atoms with Gasteiger partial charge in [0.05, 0.1) is 12.2 Å². The summed E-state index contributed by atoms with van der Waals surface area (Å²) in [6, 6.07) is 6.71. The van der Waals surface area contributed by atoms with Gasteiger partial charge in [0, 0.05) is 7.05 Å². The predicted octanol–water partition coefficient (Wildman–Crippen LogP) is 2.06. The zero-order valence-electron chi connectivity index (χ0n) is 11.1. The third-order valence-corrected chi connectivity index (χ3v) is 4.04. The fourth-order valence-corrected chi connectivity index (χ4v) is 2.96. The van der Waals surface area contributed by atoms with Crippen LogP contribution < -0.4 is 15.0 Å². The Morgan fingerprint density at radius 1 is 1.44 bits per heavy atom. The van der Waals surface area contributed by atoms with Crippen LogP contribution in [0.15, 0.2) is 18.2 Å². The van der Waals surface area contributed by atoms with Crippen LogP contribution >= 0.6 is 0 Å². The van der Waals surface area contributed by atoms with Crippen LogP contribution in [0.5, 0.6) is 5.75 Å². The van der Waals surface area contributed by atoms with Crippen molar-refractivity contribution in [3.63, 3.8) is 0 Å². The van der Waals surface area contributed by atoms with Gasteiger partial charge < -0.3 is 15.0 Å². The molecule has 3 nitrogen and oxygen atoms in total. The first-order valence-electron chi connectivity index (χ1n) is 7.00. The quantitative estimate of drug-likeness (QED) is 0.864. The Kier molecular flexibility index (Phi) is 3.41. The molecule has 2 aliphatic rings. The highest BCUT2D eigenvalue weighted by Gasteiger charge is 2.17. The van der Waals surface area contributed by atoms with E-state index >= 15 is 0 Å². The normalized spacial score (nSPS) is 23.4. The smallest absolute Gasteiger partial charge is 0.142 e. The first-order valence-corrected chi connectivity index (χ1v) is 7.00. The average molecular weight is 246 g/mol. The van der Waals surface area contributed by atoms with Gasteiger partial charge >= 0.3 is 0 Å². The van der Waals surface area contributed by atoms with E-state index < -0.39 is 0 Å². The summed E-state index contributed by atoms with van der Waals surface area (Å²) in [6.45, 7) is 4.14. The van der Waals surface area contributed by atoms with Gasteiger partial charge in [-0.25, -0.2) is 0 Å². The highest BCUT2D eigenvalue weighted by molar-refractivity contribution is 5.60. The largest absolute Gasteiger partial charge is 0.490 e. The van der Waals surface area contributed by atoms with Crippen LogP contribution in [-0.4, -0.2) is 33.3 Å². The lowest BCUT2D eigenvalue weighted by Crippen LogP contribution is -2.31. The Labute approximate surface area is 109 Å². The maximum atomic E-state index is 5.77. The molecule has 1 saturated heterocycles. The topological polar surface area (TPSA) is 24.5 Å². The maximum absolute atomic E-state index is 5.77. The lowest BCUT2D eigenvalue weighted by atomic mass is 9.92. The lowest BCUT2D eigenvalue weighted by Gasteiger charge is -2.28. The number of benzene rings is 1. The van der Waals surface area contributed by atoms with Crippen LogP contribution in [0, 0.1) is 5.92 Å². The van der Waals surface area contributed by atoms with Crippen LogP contribution in [0.3, 0.4) is 0 Å². The van der Waals surface area contributed by atoms with Gasteiger partial charge in [-0.2, -0.15) is 0 Å². The van der Waals surface area contributed by atoms with E-state index in [1.54, 1.807) is 0 Å². The summed E-state index contributed by atoms with van der Waals surface area (Å²) in [5.74, 6) is 1.85. The van der Waals surface area contributed by atoms with Gasteiger partial charge in [0.25, 0.3) is 0 Å². The average Bonchev–Trinajstić information content (AvgIpc) is 2.40. The third-order valence-electron chi connectivity index (χ3n) is 4.04. The number of nitrogens with one attached hydrogen (secondary N) is 1. The number of hydrogen-bond acceptors (Lipinski definition) is 3. The molecule has 0 aromatic heterocycles. The Morgan fingerprint density at radius 3 is 3.22 bits per heavy atom. The van der Waals surface area contributed by atoms with Gasteiger partial charge in [-0.05, 0) is 56.0 Å². The number of fused-ring (bicyclic) bond motifs is 1. The molecule has 0 bridgehead atoms. The van der Waals surface area contributed by atoms with Gasteiger partial charge in [-0.15, -0.1) is 0 Å². The van der Waals surface area contributed by atoms with E-state index in [-0.39, 0.29) is 0 Å². The Balaban J connectivity index is 1.73. The molecule has 3 heteroatoms. The van der Waals surface area contributed by atoms with Crippen molar-refractivity contribution in [2.24, 2.45) is 5.92 Å². The zero-order chi connectivity index (χ0) is 12.4. The molecular formula is C15H22N2O. The summed E-state index contributed by atoms with van der Waals surface area (Å²) in [7, 11) is 2.13. The molecule has 0 spiro atoms. The highest BCUT2D eigenvalue weighted by atomic mass is 16.5. The second-order valence-electron chi connectivity index (χ2n) is 5.49. The Morgan fingerprint density at radius 2 is 2.39 bits per heavy atom. The number of nitrogens with zero attached hydrogens (tertiary/aromatic N) is 1. The second kappa shape index (κ2) is 5.19. The van der Waals surface area contributed by atoms with Crippen molar-refractivity contribution in [3.05, 3.63) is 23.8 Å². The molecule has 1 unspecified atom stereocenters. The molecule has 18 heavy (non-hydrogen) atoms. The summed E-state index contributed by atoms with van der Waals surface area (Å²) in [6.07, 6.45) is 3.84. The first kappa shape index (κ1) is 11.8. The predicted molar refractivity (Wildman–Crippen MR) is 74.5 cm³/mol. The Bertz CT molecular complexity index is 413. The second-order valence-corrected chi connectivity index (χ2v) is 5.49. The monoisotopic (exact) mass is 246 g/mol. The van der Waals surface area contributed by atoms with Gasteiger partial charge in [0.2, 0.25) is 0 Å². The van der Waals surface area contributed by atoms with Crippen LogP contribution in [0.2, 0.25) is 0 Å². The minimum absolute atomic E-state index is 0.790. The van der Waals surface area contributed by atoms with Crippen LogP contribution in [0.1, 0.15) is 18.4 Å².